The molecule has 0 atom stereocenters. The Kier molecular flexibility index (Phi) is 8.84. The van der Waals surface area contributed by atoms with Crippen molar-refractivity contribution in [2.75, 3.05) is 34.0 Å². The first kappa shape index (κ1) is 20.3. The third kappa shape index (κ3) is 7.11. The molecule has 0 bridgehead atoms. The number of esters is 2. The van der Waals surface area contributed by atoms with Crippen molar-refractivity contribution in [2.24, 2.45) is 0 Å². The van der Waals surface area contributed by atoms with Crippen LogP contribution in [0.25, 0.3) is 0 Å². The lowest BCUT2D eigenvalue weighted by Gasteiger charge is -2.10. The van der Waals surface area contributed by atoms with Gasteiger partial charge in [-0.2, -0.15) is 0 Å². The number of methoxy groups -OCH3 is 2. The summed E-state index contributed by atoms with van der Waals surface area (Å²) >= 11 is 0. The molecule has 0 aliphatic rings. The molecule has 1 aromatic carbocycles. The largest absolute Gasteiger partial charge is 0.497 e. The van der Waals surface area contributed by atoms with Crippen molar-refractivity contribution in [3.05, 3.63) is 23.8 Å². The summed E-state index contributed by atoms with van der Waals surface area (Å²) in [6.45, 7) is 1.93. The van der Waals surface area contributed by atoms with Gasteiger partial charge in [-0.15, -0.1) is 0 Å². The fraction of sp³-hybridized carbons (Fsp3) is 0.471. The number of carbonyl (C=O) groups excluding carboxylic acids is 3. The van der Waals surface area contributed by atoms with Crippen molar-refractivity contribution in [3.63, 3.8) is 0 Å². The van der Waals surface area contributed by atoms with Crippen LogP contribution < -0.4 is 14.8 Å². The van der Waals surface area contributed by atoms with Crippen molar-refractivity contribution in [3.8, 4) is 11.5 Å². The summed E-state index contributed by atoms with van der Waals surface area (Å²) in [6, 6.07) is 4.64. The molecule has 138 valence electrons. The highest BCUT2D eigenvalue weighted by atomic mass is 16.5. The molecule has 1 N–H and O–H groups in total. The number of ether oxygens (including phenoxy) is 4. The van der Waals surface area contributed by atoms with Gasteiger partial charge >= 0.3 is 11.9 Å². The first-order valence-corrected chi connectivity index (χ1v) is 7.83. The minimum Gasteiger partial charge on any atom is -0.497 e. The molecule has 0 aromatic heterocycles. The van der Waals surface area contributed by atoms with E-state index in [0.717, 1.165) is 0 Å². The summed E-state index contributed by atoms with van der Waals surface area (Å²) in [5.74, 6) is -0.618. The molecule has 25 heavy (non-hydrogen) atoms. The fourth-order valence-corrected chi connectivity index (χ4v) is 1.92. The molecule has 0 fully saturated rings. The monoisotopic (exact) mass is 353 g/mol. The highest BCUT2D eigenvalue weighted by Crippen LogP contribution is 2.25. The van der Waals surface area contributed by atoms with Crippen molar-refractivity contribution in [1.82, 2.24) is 5.32 Å². The molecule has 8 heteroatoms. The van der Waals surface area contributed by atoms with E-state index in [-0.39, 0.29) is 18.0 Å². The van der Waals surface area contributed by atoms with Crippen molar-refractivity contribution in [1.29, 1.82) is 0 Å². The third-order valence-electron chi connectivity index (χ3n) is 3.15. The maximum atomic E-state index is 12.0. The zero-order valence-electron chi connectivity index (χ0n) is 14.6. The van der Waals surface area contributed by atoms with E-state index in [1.54, 1.807) is 19.1 Å². The molecule has 0 aliphatic heterocycles. The summed E-state index contributed by atoms with van der Waals surface area (Å²) in [5, 5.41) is 2.56. The second kappa shape index (κ2) is 10.9. The van der Waals surface area contributed by atoms with Gasteiger partial charge in [0.05, 0.1) is 20.8 Å². The number of rotatable bonds is 10. The van der Waals surface area contributed by atoms with E-state index in [9.17, 15) is 14.4 Å². The van der Waals surface area contributed by atoms with E-state index < -0.39 is 18.5 Å². The smallest absolute Gasteiger partial charge is 0.342 e. The molecule has 0 radical (unpaired) electrons. The number of hydrogen-bond acceptors (Lipinski definition) is 7. The van der Waals surface area contributed by atoms with Crippen LogP contribution in [-0.2, 0) is 19.1 Å². The number of nitrogens with one attached hydrogen (secondary N) is 1. The first-order valence-electron chi connectivity index (χ1n) is 7.83. The third-order valence-corrected chi connectivity index (χ3v) is 3.15. The molecule has 0 heterocycles. The standard InChI is InChI=1S/C17H23NO7/c1-4-24-16(20)6-5-9-18-15(19)11-25-17(21)13-8-7-12(22-2)10-14(13)23-3/h7-8,10H,4-6,9,11H2,1-3H3,(H,18,19). The second-order valence-corrected chi connectivity index (χ2v) is 4.90. The lowest BCUT2D eigenvalue weighted by Crippen LogP contribution is -2.30. The Hall–Kier alpha value is -2.77. The summed E-state index contributed by atoms with van der Waals surface area (Å²) in [4.78, 5) is 34.8. The molecule has 1 amide bonds. The van der Waals surface area contributed by atoms with Gasteiger partial charge in [-0.3, -0.25) is 9.59 Å². The Morgan fingerprint density at radius 3 is 2.48 bits per heavy atom. The van der Waals surface area contributed by atoms with Gasteiger partial charge in [0.2, 0.25) is 0 Å². The van der Waals surface area contributed by atoms with Crippen LogP contribution in [0.1, 0.15) is 30.1 Å². The average molecular weight is 353 g/mol. The maximum Gasteiger partial charge on any atom is 0.342 e. The van der Waals surface area contributed by atoms with Crippen LogP contribution >= 0.6 is 0 Å². The molecule has 1 aromatic rings. The van der Waals surface area contributed by atoms with Gasteiger partial charge in [0.25, 0.3) is 5.91 Å². The number of carbonyl (C=O) groups is 3. The van der Waals surface area contributed by atoms with Crippen molar-refractivity contribution in [2.45, 2.75) is 19.8 Å². The molecular weight excluding hydrogens is 330 g/mol. The van der Waals surface area contributed by atoms with Gasteiger partial charge < -0.3 is 24.3 Å². The Bertz CT molecular complexity index is 601. The Morgan fingerprint density at radius 1 is 1.08 bits per heavy atom. The summed E-state index contributed by atoms with van der Waals surface area (Å²) in [7, 11) is 2.92. The molecule has 0 aliphatic carbocycles. The Labute approximate surface area is 146 Å². The second-order valence-electron chi connectivity index (χ2n) is 4.90. The van der Waals surface area contributed by atoms with E-state index in [4.69, 9.17) is 18.9 Å². The van der Waals surface area contributed by atoms with E-state index >= 15 is 0 Å². The van der Waals surface area contributed by atoms with Crippen LogP contribution in [0.4, 0.5) is 0 Å². The first-order chi connectivity index (χ1) is 12.0. The lowest BCUT2D eigenvalue weighted by molar-refractivity contribution is -0.143. The van der Waals surface area contributed by atoms with Gasteiger partial charge in [0.15, 0.2) is 6.61 Å². The predicted molar refractivity (Wildman–Crippen MR) is 88.7 cm³/mol. The highest BCUT2D eigenvalue weighted by molar-refractivity contribution is 5.94. The lowest BCUT2D eigenvalue weighted by atomic mass is 10.2. The Balaban J connectivity index is 2.38. The molecule has 0 unspecified atom stereocenters. The van der Waals surface area contributed by atoms with Crippen LogP contribution in [0.15, 0.2) is 18.2 Å². The predicted octanol–water partition coefficient (Wildman–Crippen LogP) is 1.32. The van der Waals surface area contributed by atoms with Crippen LogP contribution in [0.3, 0.4) is 0 Å². The molecule has 0 saturated carbocycles. The summed E-state index contributed by atoms with van der Waals surface area (Å²) in [5.41, 5.74) is 0.193. The quantitative estimate of drug-likeness (QED) is 0.500. The van der Waals surface area contributed by atoms with Gasteiger partial charge in [-0.05, 0) is 25.5 Å². The zero-order chi connectivity index (χ0) is 18.7. The molecule has 0 spiro atoms. The van der Waals surface area contributed by atoms with E-state index in [2.05, 4.69) is 5.32 Å². The SMILES string of the molecule is CCOC(=O)CCCNC(=O)COC(=O)c1ccc(OC)cc1OC. The van der Waals surface area contributed by atoms with Gasteiger partial charge in [-0.1, -0.05) is 0 Å². The van der Waals surface area contributed by atoms with E-state index in [1.165, 1.54) is 20.3 Å². The minimum atomic E-state index is -0.679. The van der Waals surface area contributed by atoms with Crippen molar-refractivity contribution >= 4 is 17.8 Å². The van der Waals surface area contributed by atoms with Crippen LogP contribution in [-0.4, -0.2) is 51.8 Å². The summed E-state index contributed by atoms with van der Waals surface area (Å²) < 4.78 is 19.9. The minimum absolute atomic E-state index is 0.193. The average Bonchev–Trinajstić information content (AvgIpc) is 2.62. The van der Waals surface area contributed by atoms with E-state index in [0.29, 0.717) is 31.1 Å². The normalized spacial score (nSPS) is 9.88. The van der Waals surface area contributed by atoms with Gasteiger partial charge in [0.1, 0.15) is 17.1 Å². The van der Waals surface area contributed by atoms with Crippen molar-refractivity contribution < 1.29 is 33.3 Å². The highest BCUT2D eigenvalue weighted by Gasteiger charge is 2.16. The molecule has 1 rings (SSSR count). The number of amides is 1. The topological polar surface area (TPSA) is 100 Å². The molecule has 0 saturated heterocycles. The summed E-state index contributed by atoms with van der Waals surface area (Å²) in [6.07, 6.45) is 0.668. The van der Waals surface area contributed by atoms with Gasteiger partial charge in [0, 0.05) is 19.0 Å². The Morgan fingerprint density at radius 2 is 1.84 bits per heavy atom. The fourth-order valence-electron chi connectivity index (χ4n) is 1.92. The van der Waals surface area contributed by atoms with Crippen LogP contribution in [0.5, 0.6) is 11.5 Å². The van der Waals surface area contributed by atoms with Crippen LogP contribution in [0, 0.1) is 0 Å². The van der Waals surface area contributed by atoms with Gasteiger partial charge in [-0.25, -0.2) is 4.79 Å². The molecular formula is C17H23NO7. The van der Waals surface area contributed by atoms with E-state index in [1.807, 2.05) is 0 Å². The molecule has 8 nitrogen and oxygen atoms in total. The number of hydrogen-bond donors (Lipinski definition) is 1. The maximum absolute atomic E-state index is 12.0. The van der Waals surface area contributed by atoms with Crippen LogP contribution in [0.2, 0.25) is 0 Å². The number of benzene rings is 1. The zero-order valence-corrected chi connectivity index (χ0v) is 14.6.